The molecule has 0 spiro atoms. The topological polar surface area (TPSA) is 85.4 Å². The Morgan fingerprint density at radius 2 is 1.79 bits per heavy atom. The van der Waals surface area contributed by atoms with Crippen molar-refractivity contribution in [1.82, 2.24) is 15.3 Å². The minimum atomic E-state index is -0.283. The molecule has 0 saturated heterocycles. The average molecular weight is 392 g/mol. The molecule has 3 rings (SSSR count). The molecule has 0 aliphatic rings. The lowest BCUT2D eigenvalue weighted by molar-refractivity contribution is 0.0942. The fraction of sp³-hybridized carbons (Fsp3) is 0.227. The number of hydrogen-bond acceptors (Lipinski definition) is 6. The smallest absolute Gasteiger partial charge is 0.270 e. The number of ether oxygens (including phenoxy) is 2. The molecule has 0 radical (unpaired) electrons. The van der Waals surface area contributed by atoms with Gasteiger partial charge in [0, 0.05) is 11.9 Å². The number of carbonyl (C=O) groups is 1. The lowest BCUT2D eigenvalue weighted by Crippen LogP contribution is -2.29. The molecular formula is C22H24N4O3. The van der Waals surface area contributed by atoms with Crippen LogP contribution in [0.5, 0.6) is 11.5 Å². The number of benzene rings is 2. The van der Waals surface area contributed by atoms with E-state index in [0.717, 1.165) is 17.0 Å². The van der Waals surface area contributed by atoms with Crippen LogP contribution in [-0.2, 0) is 0 Å². The summed E-state index contributed by atoms with van der Waals surface area (Å²) < 4.78 is 10.7. The van der Waals surface area contributed by atoms with Gasteiger partial charge < -0.3 is 20.1 Å². The number of carbonyl (C=O) groups excluding carboxylic acids is 1. The molecule has 0 aliphatic carbocycles. The van der Waals surface area contributed by atoms with Gasteiger partial charge in [-0.25, -0.2) is 9.97 Å². The van der Waals surface area contributed by atoms with Crippen LogP contribution in [0, 0.1) is 13.8 Å². The standard InChI is InChI=1S/C22H24N4O3/c1-15-5-4-6-19(16(15)2)25-22-24-12-11-20(26-22)21(27)23-13-14-29-18-9-7-17(28-3)8-10-18/h4-12H,13-14H2,1-3H3,(H,23,27)(H,24,25,26). The summed E-state index contributed by atoms with van der Waals surface area (Å²) >= 11 is 0. The first-order valence-corrected chi connectivity index (χ1v) is 9.28. The van der Waals surface area contributed by atoms with Crippen molar-refractivity contribution >= 4 is 17.5 Å². The highest BCUT2D eigenvalue weighted by molar-refractivity contribution is 5.92. The number of aryl methyl sites for hydroxylation is 1. The number of rotatable bonds is 8. The maximum atomic E-state index is 12.4. The maximum absolute atomic E-state index is 12.4. The highest BCUT2D eigenvalue weighted by atomic mass is 16.5. The molecular weight excluding hydrogens is 368 g/mol. The van der Waals surface area contributed by atoms with Crippen LogP contribution in [0.25, 0.3) is 0 Å². The van der Waals surface area contributed by atoms with Crippen LogP contribution in [0.1, 0.15) is 21.6 Å². The summed E-state index contributed by atoms with van der Waals surface area (Å²) in [6, 6.07) is 14.8. The van der Waals surface area contributed by atoms with Gasteiger partial charge in [-0.05, 0) is 61.4 Å². The van der Waals surface area contributed by atoms with Gasteiger partial charge in [-0.1, -0.05) is 12.1 Å². The monoisotopic (exact) mass is 392 g/mol. The molecule has 1 amide bonds. The number of aromatic nitrogens is 2. The maximum Gasteiger partial charge on any atom is 0.270 e. The van der Waals surface area contributed by atoms with Crippen molar-refractivity contribution in [2.75, 3.05) is 25.6 Å². The molecule has 0 aliphatic heterocycles. The molecule has 1 heterocycles. The van der Waals surface area contributed by atoms with Crippen LogP contribution in [0.4, 0.5) is 11.6 Å². The van der Waals surface area contributed by atoms with Crippen LogP contribution in [-0.4, -0.2) is 36.1 Å². The number of anilines is 2. The second-order valence-electron chi connectivity index (χ2n) is 6.42. The fourth-order valence-corrected chi connectivity index (χ4v) is 2.65. The molecule has 0 atom stereocenters. The van der Waals surface area contributed by atoms with Gasteiger partial charge in [-0.3, -0.25) is 4.79 Å². The third-order valence-electron chi connectivity index (χ3n) is 4.46. The Morgan fingerprint density at radius 3 is 2.55 bits per heavy atom. The average Bonchev–Trinajstić information content (AvgIpc) is 2.75. The third kappa shape index (κ3) is 5.44. The predicted octanol–water partition coefficient (Wildman–Crippen LogP) is 3.65. The summed E-state index contributed by atoms with van der Waals surface area (Å²) in [4.78, 5) is 20.9. The highest BCUT2D eigenvalue weighted by Crippen LogP contribution is 2.21. The Bertz CT molecular complexity index is 974. The molecule has 150 valence electrons. The van der Waals surface area contributed by atoms with E-state index in [4.69, 9.17) is 9.47 Å². The van der Waals surface area contributed by atoms with Crippen LogP contribution in [0.15, 0.2) is 54.7 Å². The van der Waals surface area contributed by atoms with Crippen molar-refractivity contribution in [2.45, 2.75) is 13.8 Å². The van der Waals surface area contributed by atoms with E-state index >= 15 is 0 Å². The largest absolute Gasteiger partial charge is 0.497 e. The van der Waals surface area contributed by atoms with Gasteiger partial charge in [-0.15, -0.1) is 0 Å². The van der Waals surface area contributed by atoms with Gasteiger partial charge >= 0.3 is 0 Å². The van der Waals surface area contributed by atoms with E-state index in [2.05, 4.69) is 20.6 Å². The molecule has 1 aromatic heterocycles. The van der Waals surface area contributed by atoms with E-state index in [0.29, 0.717) is 24.8 Å². The summed E-state index contributed by atoms with van der Waals surface area (Å²) in [6.45, 7) is 4.77. The van der Waals surface area contributed by atoms with Crippen molar-refractivity contribution in [3.63, 3.8) is 0 Å². The molecule has 7 heteroatoms. The Labute approximate surface area is 170 Å². The van der Waals surface area contributed by atoms with Gasteiger partial charge in [0.1, 0.15) is 23.8 Å². The van der Waals surface area contributed by atoms with Crippen molar-refractivity contribution in [3.05, 3.63) is 71.5 Å². The first-order valence-electron chi connectivity index (χ1n) is 9.28. The summed E-state index contributed by atoms with van der Waals surface area (Å²) in [5.41, 5.74) is 3.48. The minimum Gasteiger partial charge on any atom is -0.497 e. The zero-order valence-electron chi connectivity index (χ0n) is 16.7. The second kappa shape index (κ2) is 9.54. The van der Waals surface area contributed by atoms with Gasteiger partial charge in [0.15, 0.2) is 0 Å². The number of nitrogens with one attached hydrogen (secondary N) is 2. The Morgan fingerprint density at radius 1 is 1.03 bits per heavy atom. The molecule has 7 nitrogen and oxygen atoms in total. The summed E-state index contributed by atoms with van der Waals surface area (Å²) in [7, 11) is 1.61. The quantitative estimate of drug-likeness (QED) is 0.569. The van der Waals surface area contributed by atoms with Crippen molar-refractivity contribution in [1.29, 1.82) is 0 Å². The molecule has 0 saturated carbocycles. The normalized spacial score (nSPS) is 10.3. The molecule has 0 bridgehead atoms. The van der Waals surface area contributed by atoms with E-state index in [9.17, 15) is 4.79 Å². The lowest BCUT2D eigenvalue weighted by Gasteiger charge is -2.11. The zero-order valence-corrected chi connectivity index (χ0v) is 16.7. The zero-order chi connectivity index (χ0) is 20.6. The van der Waals surface area contributed by atoms with E-state index in [1.807, 2.05) is 56.3 Å². The van der Waals surface area contributed by atoms with Gasteiger partial charge in [0.25, 0.3) is 5.91 Å². The molecule has 2 aromatic carbocycles. The number of hydrogen-bond donors (Lipinski definition) is 2. The number of methoxy groups -OCH3 is 1. The first-order chi connectivity index (χ1) is 14.1. The van der Waals surface area contributed by atoms with E-state index < -0.39 is 0 Å². The van der Waals surface area contributed by atoms with Crippen LogP contribution in [0.2, 0.25) is 0 Å². The lowest BCUT2D eigenvalue weighted by atomic mass is 10.1. The fourth-order valence-electron chi connectivity index (χ4n) is 2.65. The second-order valence-corrected chi connectivity index (χ2v) is 6.42. The number of nitrogens with zero attached hydrogens (tertiary/aromatic N) is 2. The summed E-state index contributed by atoms with van der Waals surface area (Å²) in [6.07, 6.45) is 1.56. The number of amides is 1. The van der Waals surface area contributed by atoms with Crippen molar-refractivity contribution in [3.8, 4) is 11.5 Å². The SMILES string of the molecule is COc1ccc(OCCNC(=O)c2ccnc(Nc3cccc(C)c3C)n2)cc1. The predicted molar refractivity (Wildman–Crippen MR) is 112 cm³/mol. The Hall–Kier alpha value is -3.61. The first kappa shape index (κ1) is 20.1. The van der Waals surface area contributed by atoms with Crippen LogP contribution < -0.4 is 20.1 Å². The van der Waals surface area contributed by atoms with Gasteiger partial charge in [0.2, 0.25) is 5.95 Å². The third-order valence-corrected chi connectivity index (χ3v) is 4.46. The van der Waals surface area contributed by atoms with Gasteiger partial charge in [-0.2, -0.15) is 0 Å². The van der Waals surface area contributed by atoms with Crippen LogP contribution in [0.3, 0.4) is 0 Å². The minimum absolute atomic E-state index is 0.283. The Kier molecular flexibility index (Phi) is 6.63. The van der Waals surface area contributed by atoms with E-state index in [1.54, 1.807) is 19.4 Å². The molecule has 0 unspecified atom stereocenters. The van der Waals surface area contributed by atoms with Crippen molar-refractivity contribution < 1.29 is 14.3 Å². The summed E-state index contributed by atoms with van der Waals surface area (Å²) in [5, 5.41) is 5.97. The summed E-state index contributed by atoms with van der Waals surface area (Å²) in [5.74, 6) is 1.57. The molecule has 0 fully saturated rings. The van der Waals surface area contributed by atoms with E-state index in [1.165, 1.54) is 5.56 Å². The molecule has 3 aromatic rings. The molecule has 29 heavy (non-hydrogen) atoms. The Balaban J connectivity index is 1.53. The van der Waals surface area contributed by atoms with Crippen LogP contribution >= 0.6 is 0 Å². The van der Waals surface area contributed by atoms with Gasteiger partial charge in [0.05, 0.1) is 13.7 Å². The highest BCUT2D eigenvalue weighted by Gasteiger charge is 2.09. The molecule has 2 N–H and O–H groups in total. The van der Waals surface area contributed by atoms with E-state index in [-0.39, 0.29) is 11.6 Å². The van der Waals surface area contributed by atoms with Crippen molar-refractivity contribution in [2.24, 2.45) is 0 Å².